The maximum Gasteiger partial charge on any atom is 0.251 e. The molecule has 27 heavy (non-hydrogen) atoms. The molecule has 140 valence electrons. The highest BCUT2D eigenvalue weighted by Crippen LogP contribution is 2.24. The molecule has 0 saturated heterocycles. The van der Waals surface area contributed by atoms with Crippen molar-refractivity contribution < 1.29 is 4.79 Å². The average Bonchev–Trinajstić information content (AvgIpc) is 3.11. The summed E-state index contributed by atoms with van der Waals surface area (Å²) < 4.78 is 2.04. The van der Waals surface area contributed by atoms with Gasteiger partial charge in [0.15, 0.2) is 11.0 Å². The zero-order valence-corrected chi connectivity index (χ0v) is 16.8. The zero-order chi connectivity index (χ0) is 19.2. The van der Waals surface area contributed by atoms with Crippen LogP contribution in [0.4, 0.5) is 0 Å². The molecular weight excluding hydrogens is 380 g/mol. The van der Waals surface area contributed by atoms with Crippen LogP contribution >= 0.6 is 23.4 Å². The Balaban J connectivity index is 1.69. The van der Waals surface area contributed by atoms with Gasteiger partial charge in [0.25, 0.3) is 5.91 Å². The first kappa shape index (κ1) is 19.5. The summed E-state index contributed by atoms with van der Waals surface area (Å²) in [6.07, 6.45) is 0. The van der Waals surface area contributed by atoms with E-state index in [1.54, 1.807) is 23.9 Å². The number of hydrogen-bond donors (Lipinski definition) is 1. The van der Waals surface area contributed by atoms with Crippen LogP contribution < -0.4 is 5.32 Å². The van der Waals surface area contributed by atoms with E-state index in [1.807, 2.05) is 60.9 Å². The summed E-state index contributed by atoms with van der Waals surface area (Å²) in [5, 5.41) is 13.2. The number of rotatable bonds is 7. The topological polar surface area (TPSA) is 59.8 Å². The second-order valence-corrected chi connectivity index (χ2v) is 7.44. The molecule has 1 atom stereocenters. The van der Waals surface area contributed by atoms with Gasteiger partial charge in [0.2, 0.25) is 0 Å². The second-order valence-electron chi connectivity index (χ2n) is 6.06. The van der Waals surface area contributed by atoms with E-state index in [-0.39, 0.29) is 11.9 Å². The maximum absolute atomic E-state index is 12.4. The predicted molar refractivity (Wildman–Crippen MR) is 109 cm³/mol. The molecule has 0 radical (unpaired) electrons. The van der Waals surface area contributed by atoms with Crippen molar-refractivity contribution >= 4 is 29.3 Å². The third-order valence-electron chi connectivity index (χ3n) is 4.11. The SMILES string of the molecule is CCn1c(SCc2ccc(Cl)cc2)nnc1[C@H](C)NC(=O)c1ccccc1. The van der Waals surface area contributed by atoms with Gasteiger partial charge in [-0.2, -0.15) is 0 Å². The highest BCUT2D eigenvalue weighted by atomic mass is 35.5. The Morgan fingerprint density at radius 3 is 2.52 bits per heavy atom. The summed E-state index contributed by atoms with van der Waals surface area (Å²) in [4.78, 5) is 12.4. The molecule has 0 aliphatic carbocycles. The van der Waals surface area contributed by atoms with Crippen LogP contribution in [0.5, 0.6) is 0 Å². The second kappa shape index (κ2) is 9.06. The van der Waals surface area contributed by atoms with E-state index in [1.165, 1.54) is 5.56 Å². The van der Waals surface area contributed by atoms with Gasteiger partial charge < -0.3 is 9.88 Å². The molecule has 1 heterocycles. The highest BCUT2D eigenvalue weighted by Gasteiger charge is 2.19. The number of carbonyl (C=O) groups is 1. The van der Waals surface area contributed by atoms with E-state index in [4.69, 9.17) is 11.6 Å². The molecule has 0 unspecified atom stereocenters. The number of thioether (sulfide) groups is 1. The molecule has 0 saturated carbocycles. The Bertz CT molecular complexity index is 896. The fourth-order valence-corrected chi connectivity index (χ4v) is 3.78. The van der Waals surface area contributed by atoms with Crippen LogP contribution in [0.3, 0.4) is 0 Å². The number of amides is 1. The summed E-state index contributed by atoms with van der Waals surface area (Å²) in [5.74, 6) is 1.41. The lowest BCUT2D eigenvalue weighted by Crippen LogP contribution is -2.28. The minimum atomic E-state index is -0.241. The van der Waals surface area contributed by atoms with Crippen LogP contribution in [-0.2, 0) is 12.3 Å². The number of nitrogens with one attached hydrogen (secondary N) is 1. The van der Waals surface area contributed by atoms with Gasteiger partial charge in [-0.3, -0.25) is 4.79 Å². The summed E-state index contributed by atoms with van der Waals surface area (Å²) in [5.41, 5.74) is 1.80. The number of halogens is 1. The van der Waals surface area contributed by atoms with E-state index in [0.29, 0.717) is 5.56 Å². The summed E-state index contributed by atoms with van der Waals surface area (Å²) in [7, 11) is 0. The lowest BCUT2D eigenvalue weighted by molar-refractivity contribution is 0.0937. The van der Waals surface area contributed by atoms with Gasteiger partial charge in [0.1, 0.15) is 0 Å². The van der Waals surface area contributed by atoms with Crippen LogP contribution in [-0.4, -0.2) is 20.7 Å². The van der Waals surface area contributed by atoms with Crippen molar-refractivity contribution in [3.8, 4) is 0 Å². The Hall–Kier alpha value is -2.31. The molecular formula is C20H21ClN4OS. The lowest BCUT2D eigenvalue weighted by Gasteiger charge is -2.15. The highest BCUT2D eigenvalue weighted by molar-refractivity contribution is 7.98. The van der Waals surface area contributed by atoms with Crippen molar-refractivity contribution in [1.82, 2.24) is 20.1 Å². The van der Waals surface area contributed by atoms with Crippen LogP contribution in [0.1, 0.15) is 41.6 Å². The van der Waals surface area contributed by atoms with E-state index in [9.17, 15) is 4.79 Å². The van der Waals surface area contributed by atoms with Crippen LogP contribution in [0.2, 0.25) is 5.02 Å². The molecule has 3 aromatic rings. The van der Waals surface area contributed by atoms with Gasteiger partial charge in [-0.25, -0.2) is 0 Å². The van der Waals surface area contributed by atoms with Gasteiger partial charge in [-0.15, -0.1) is 10.2 Å². The molecule has 1 amide bonds. The first-order valence-electron chi connectivity index (χ1n) is 8.74. The minimum absolute atomic E-state index is 0.121. The van der Waals surface area contributed by atoms with Crippen LogP contribution in [0, 0.1) is 0 Å². The van der Waals surface area contributed by atoms with Crippen LogP contribution in [0.15, 0.2) is 59.8 Å². The van der Waals surface area contributed by atoms with Crippen molar-refractivity contribution in [3.05, 3.63) is 76.6 Å². The molecule has 0 fully saturated rings. The van der Waals surface area contributed by atoms with E-state index < -0.39 is 0 Å². The summed E-state index contributed by atoms with van der Waals surface area (Å²) in [6.45, 7) is 4.70. The molecule has 1 aromatic heterocycles. The van der Waals surface area contributed by atoms with Gasteiger partial charge in [0, 0.05) is 22.9 Å². The maximum atomic E-state index is 12.4. The van der Waals surface area contributed by atoms with Crippen molar-refractivity contribution in [2.75, 3.05) is 0 Å². The lowest BCUT2D eigenvalue weighted by atomic mass is 10.2. The van der Waals surface area contributed by atoms with E-state index >= 15 is 0 Å². The Morgan fingerprint density at radius 1 is 1.15 bits per heavy atom. The smallest absolute Gasteiger partial charge is 0.251 e. The number of aromatic nitrogens is 3. The van der Waals surface area contributed by atoms with E-state index in [0.717, 1.165) is 28.3 Å². The van der Waals surface area contributed by atoms with Gasteiger partial charge in [-0.05, 0) is 43.7 Å². The minimum Gasteiger partial charge on any atom is -0.342 e. The molecule has 1 N–H and O–H groups in total. The Kier molecular flexibility index (Phi) is 6.53. The average molecular weight is 401 g/mol. The number of hydrogen-bond acceptors (Lipinski definition) is 4. The van der Waals surface area contributed by atoms with E-state index in [2.05, 4.69) is 15.5 Å². The zero-order valence-electron chi connectivity index (χ0n) is 15.2. The molecule has 5 nitrogen and oxygen atoms in total. The molecule has 3 rings (SSSR count). The molecule has 0 aliphatic heterocycles. The normalized spacial score (nSPS) is 12.0. The predicted octanol–water partition coefficient (Wildman–Crippen LogP) is 4.73. The number of carbonyl (C=O) groups excluding carboxylic acids is 1. The number of benzene rings is 2. The van der Waals surface area contributed by atoms with Gasteiger partial charge in [-0.1, -0.05) is 53.7 Å². The first-order chi connectivity index (χ1) is 13.1. The largest absolute Gasteiger partial charge is 0.342 e. The van der Waals surface area contributed by atoms with Crippen LogP contribution in [0.25, 0.3) is 0 Å². The summed E-state index contributed by atoms with van der Waals surface area (Å²) in [6, 6.07) is 16.7. The monoisotopic (exact) mass is 400 g/mol. The molecule has 0 aliphatic rings. The van der Waals surface area contributed by atoms with Gasteiger partial charge >= 0.3 is 0 Å². The third kappa shape index (κ3) is 4.90. The van der Waals surface area contributed by atoms with Crippen molar-refractivity contribution in [2.45, 2.75) is 37.3 Å². The van der Waals surface area contributed by atoms with Crippen molar-refractivity contribution in [1.29, 1.82) is 0 Å². The Labute approximate surface area is 168 Å². The fourth-order valence-electron chi connectivity index (χ4n) is 2.69. The Morgan fingerprint density at radius 2 is 1.85 bits per heavy atom. The molecule has 2 aromatic carbocycles. The molecule has 0 bridgehead atoms. The standard InChI is InChI=1S/C20H21ClN4OS/c1-3-25-18(14(2)22-19(26)16-7-5-4-6-8-16)23-24-20(25)27-13-15-9-11-17(21)12-10-15/h4-12,14H,3,13H2,1-2H3,(H,22,26)/t14-/m0/s1. The summed E-state index contributed by atoms with van der Waals surface area (Å²) >= 11 is 7.55. The van der Waals surface area contributed by atoms with Gasteiger partial charge in [0.05, 0.1) is 6.04 Å². The fraction of sp³-hybridized carbons (Fsp3) is 0.250. The number of nitrogens with zero attached hydrogens (tertiary/aromatic N) is 3. The molecule has 0 spiro atoms. The van der Waals surface area contributed by atoms with Crippen molar-refractivity contribution in [3.63, 3.8) is 0 Å². The quantitative estimate of drug-likeness (QED) is 0.582. The first-order valence-corrected chi connectivity index (χ1v) is 10.1. The third-order valence-corrected chi connectivity index (χ3v) is 5.40. The molecule has 7 heteroatoms. The van der Waals surface area contributed by atoms with Crippen molar-refractivity contribution in [2.24, 2.45) is 0 Å².